The van der Waals surface area contributed by atoms with Gasteiger partial charge in [0.2, 0.25) is 12.2 Å². The van der Waals surface area contributed by atoms with Gasteiger partial charge in [-0.2, -0.15) is 0 Å². The summed E-state index contributed by atoms with van der Waals surface area (Å²) in [5.41, 5.74) is 0.997. The number of hydrogen-bond acceptors (Lipinski definition) is 4. The van der Waals surface area contributed by atoms with Crippen molar-refractivity contribution < 1.29 is 13.9 Å². The van der Waals surface area contributed by atoms with Gasteiger partial charge in [-0.15, -0.1) is 0 Å². The van der Waals surface area contributed by atoms with E-state index in [2.05, 4.69) is 0 Å². The molecule has 0 N–H and O–H groups in total. The van der Waals surface area contributed by atoms with Crippen LogP contribution in [-0.2, 0) is 0 Å². The lowest BCUT2D eigenvalue weighted by atomic mass is 10.1. The van der Waals surface area contributed by atoms with Crippen molar-refractivity contribution in [1.29, 1.82) is 0 Å². The molecule has 0 radical (unpaired) electrons. The van der Waals surface area contributed by atoms with Crippen LogP contribution in [0, 0.1) is 0 Å². The molecule has 0 aliphatic carbocycles. The molecule has 1 aliphatic heterocycles. The van der Waals surface area contributed by atoms with E-state index >= 15 is 0 Å². The second kappa shape index (κ2) is 4.01. The highest BCUT2D eigenvalue weighted by Gasteiger charge is 2.21. The van der Waals surface area contributed by atoms with Crippen LogP contribution in [0.1, 0.15) is 0 Å². The van der Waals surface area contributed by atoms with Crippen LogP contribution in [0.4, 0.5) is 0 Å². The fourth-order valence-corrected chi connectivity index (χ4v) is 2.99. The molecule has 0 fully saturated rings. The zero-order valence-corrected chi connectivity index (χ0v) is 11.5. The Morgan fingerprint density at radius 3 is 2.55 bits per heavy atom. The molecule has 0 atom stereocenters. The number of hydrogen-bond donors (Lipinski definition) is 0. The molecule has 0 saturated heterocycles. The van der Waals surface area contributed by atoms with E-state index in [1.165, 1.54) is 0 Å². The maximum Gasteiger partial charge on any atom is 0.231 e. The fourth-order valence-electron chi connectivity index (χ4n) is 2.99. The van der Waals surface area contributed by atoms with E-state index in [1.54, 1.807) is 12.1 Å². The van der Waals surface area contributed by atoms with E-state index in [0.717, 1.165) is 10.8 Å². The lowest BCUT2D eigenvalue weighted by Gasteiger charge is -2.05. The summed E-state index contributed by atoms with van der Waals surface area (Å²) in [6.07, 6.45) is 0. The first-order chi connectivity index (χ1) is 10.8. The zero-order chi connectivity index (χ0) is 14.7. The highest BCUT2D eigenvalue weighted by atomic mass is 16.7. The maximum absolute atomic E-state index is 12.9. The van der Waals surface area contributed by atoms with Gasteiger partial charge in [0.25, 0.3) is 0 Å². The Hall–Kier alpha value is -3.01. The third kappa shape index (κ3) is 1.44. The van der Waals surface area contributed by atoms with E-state index in [0.29, 0.717) is 33.4 Å². The molecular weight excluding hydrogens is 280 g/mol. The van der Waals surface area contributed by atoms with Crippen LogP contribution in [0.3, 0.4) is 0 Å². The largest absolute Gasteiger partial charge is 0.456 e. The average molecular weight is 290 g/mol. The highest BCUT2D eigenvalue weighted by Crippen LogP contribution is 2.38. The Bertz CT molecular complexity index is 1120. The van der Waals surface area contributed by atoms with Gasteiger partial charge in [0, 0.05) is 0 Å². The van der Waals surface area contributed by atoms with Crippen LogP contribution >= 0.6 is 0 Å². The van der Waals surface area contributed by atoms with Crippen molar-refractivity contribution >= 4 is 32.7 Å². The molecule has 0 unspecified atom stereocenters. The number of ether oxygens (including phenoxy) is 2. The molecule has 3 aromatic carbocycles. The lowest BCUT2D eigenvalue weighted by Crippen LogP contribution is -2.03. The summed E-state index contributed by atoms with van der Waals surface area (Å²) in [5, 5.41) is 3.04. The van der Waals surface area contributed by atoms with Gasteiger partial charge < -0.3 is 13.9 Å². The Balaban J connectivity index is 2.01. The quantitative estimate of drug-likeness (QED) is 0.462. The molecule has 1 aromatic heterocycles. The first kappa shape index (κ1) is 11.6. The van der Waals surface area contributed by atoms with Crippen LogP contribution in [-0.4, -0.2) is 6.79 Å². The number of benzene rings is 3. The van der Waals surface area contributed by atoms with E-state index in [-0.39, 0.29) is 12.2 Å². The Labute approximate surface area is 124 Å². The van der Waals surface area contributed by atoms with E-state index in [9.17, 15) is 4.79 Å². The monoisotopic (exact) mass is 290 g/mol. The second-order valence-electron chi connectivity index (χ2n) is 5.30. The molecule has 0 bridgehead atoms. The van der Waals surface area contributed by atoms with E-state index in [1.807, 2.05) is 36.4 Å². The third-order valence-electron chi connectivity index (χ3n) is 4.04. The van der Waals surface area contributed by atoms with E-state index < -0.39 is 0 Å². The first-order valence-corrected chi connectivity index (χ1v) is 6.99. The minimum atomic E-state index is -0.0932. The molecule has 2 heterocycles. The van der Waals surface area contributed by atoms with Crippen molar-refractivity contribution in [2.24, 2.45) is 0 Å². The fraction of sp³-hybridized carbons (Fsp3) is 0.0556. The Morgan fingerprint density at radius 2 is 1.68 bits per heavy atom. The van der Waals surface area contributed by atoms with Crippen molar-refractivity contribution in [1.82, 2.24) is 0 Å². The molecular formula is C18H10O4. The Morgan fingerprint density at radius 1 is 0.864 bits per heavy atom. The van der Waals surface area contributed by atoms with E-state index in [4.69, 9.17) is 13.9 Å². The zero-order valence-electron chi connectivity index (χ0n) is 11.5. The van der Waals surface area contributed by atoms with Gasteiger partial charge in [0.05, 0.1) is 5.39 Å². The average Bonchev–Trinajstić information content (AvgIpc) is 3.02. The van der Waals surface area contributed by atoms with Gasteiger partial charge in [-0.25, -0.2) is 0 Å². The van der Waals surface area contributed by atoms with Gasteiger partial charge in [0.15, 0.2) is 11.5 Å². The summed E-state index contributed by atoms with van der Waals surface area (Å²) in [6, 6.07) is 15.2. The highest BCUT2D eigenvalue weighted by molar-refractivity contribution is 6.01. The molecule has 4 aromatic rings. The number of fused-ring (bicyclic) bond motifs is 5. The Kier molecular flexibility index (Phi) is 2.12. The molecule has 22 heavy (non-hydrogen) atoms. The summed E-state index contributed by atoms with van der Waals surface area (Å²) in [4.78, 5) is 12.9. The molecule has 1 aliphatic rings. The van der Waals surface area contributed by atoms with Crippen LogP contribution < -0.4 is 14.9 Å². The predicted molar refractivity (Wildman–Crippen MR) is 83.6 cm³/mol. The predicted octanol–water partition coefficient (Wildman–Crippen LogP) is 3.83. The first-order valence-electron chi connectivity index (χ1n) is 6.99. The summed E-state index contributed by atoms with van der Waals surface area (Å²) in [5.74, 6) is 1.06. The second-order valence-corrected chi connectivity index (χ2v) is 5.30. The lowest BCUT2D eigenvalue weighted by molar-refractivity contribution is 0.175. The van der Waals surface area contributed by atoms with Crippen LogP contribution in [0.5, 0.6) is 11.5 Å². The number of rotatable bonds is 0. The summed E-state index contributed by atoms with van der Waals surface area (Å²) in [6.45, 7) is 0.129. The van der Waals surface area contributed by atoms with Crippen molar-refractivity contribution in [2.75, 3.05) is 6.79 Å². The SMILES string of the molecule is O=c1c2cc3ccccc3cc2oc2ccc3c(c12)OCO3. The summed E-state index contributed by atoms with van der Waals surface area (Å²) < 4.78 is 16.7. The molecule has 0 spiro atoms. The minimum Gasteiger partial charge on any atom is -0.456 e. The smallest absolute Gasteiger partial charge is 0.231 e. The maximum atomic E-state index is 12.9. The van der Waals surface area contributed by atoms with Crippen molar-refractivity contribution in [2.45, 2.75) is 0 Å². The normalized spacial score (nSPS) is 13.3. The molecule has 106 valence electrons. The van der Waals surface area contributed by atoms with Crippen molar-refractivity contribution in [3.05, 3.63) is 58.8 Å². The van der Waals surface area contributed by atoms with Gasteiger partial charge in [-0.05, 0) is 35.0 Å². The molecule has 0 amide bonds. The van der Waals surface area contributed by atoms with Crippen LogP contribution in [0.2, 0.25) is 0 Å². The van der Waals surface area contributed by atoms with Gasteiger partial charge in [0.1, 0.15) is 16.6 Å². The van der Waals surface area contributed by atoms with Gasteiger partial charge >= 0.3 is 0 Å². The standard InChI is InChI=1S/C18H10O4/c19-17-12-7-10-3-1-2-4-11(10)8-15(12)22-13-5-6-14-18(16(13)17)21-9-20-14/h1-8H,9H2. The van der Waals surface area contributed by atoms with Gasteiger partial charge in [-0.1, -0.05) is 24.3 Å². The third-order valence-corrected chi connectivity index (χ3v) is 4.04. The summed E-state index contributed by atoms with van der Waals surface area (Å²) in [7, 11) is 0. The molecule has 4 heteroatoms. The van der Waals surface area contributed by atoms with Crippen molar-refractivity contribution in [3.8, 4) is 11.5 Å². The summed E-state index contributed by atoms with van der Waals surface area (Å²) >= 11 is 0. The topological polar surface area (TPSA) is 48.7 Å². The molecule has 0 saturated carbocycles. The molecule has 5 rings (SSSR count). The van der Waals surface area contributed by atoms with Crippen molar-refractivity contribution in [3.63, 3.8) is 0 Å². The van der Waals surface area contributed by atoms with Crippen LogP contribution in [0.25, 0.3) is 32.7 Å². The molecule has 4 nitrogen and oxygen atoms in total. The minimum absolute atomic E-state index is 0.0932. The van der Waals surface area contributed by atoms with Crippen LogP contribution in [0.15, 0.2) is 57.7 Å². The van der Waals surface area contributed by atoms with Gasteiger partial charge in [-0.3, -0.25) is 4.79 Å².